The third-order valence-corrected chi connectivity index (χ3v) is 4.94. The van der Waals surface area contributed by atoms with Crippen LogP contribution in [0.25, 0.3) is 0 Å². The van der Waals surface area contributed by atoms with Gasteiger partial charge in [0.15, 0.2) is 0 Å². The number of ether oxygens (including phenoxy) is 1. The number of hydrogen-bond donors (Lipinski definition) is 1. The first kappa shape index (κ1) is 16.2. The molecule has 1 aromatic rings. The van der Waals surface area contributed by atoms with Crippen LogP contribution >= 0.6 is 0 Å². The summed E-state index contributed by atoms with van der Waals surface area (Å²) in [5.74, 6) is -3.42. The quantitative estimate of drug-likeness (QED) is 0.785. The molecule has 0 atom stereocenters. The highest BCUT2D eigenvalue weighted by atomic mass is 32.2. The summed E-state index contributed by atoms with van der Waals surface area (Å²) in [5, 5.41) is 2.86. The van der Waals surface area contributed by atoms with Crippen LogP contribution < -0.4 is 5.32 Å². The van der Waals surface area contributed by atoms with E-state index < -0.39 is 15.6 Å². The Kier molecular flexibility index (Phi) is 5.52. The topological polar surface area (TPSA) is 55.4 Å². The third kappa shape index (κ3) is 4.14. The zero-order valence-electron chi connectivity index (χ0n) is 11.6. The molecule has 1 N–H and O–H groups in total. The van der Waals surface area contributed by atoms with Crippen LogP contribution in [0.3, 0.4) is 0 Å². The van der Waals surface area contributed by atoms with E-state index in [4.69, 9.17) is 4.74 Å². The maximum absolute atomic E-state index is 12.6. The number of alkyl halides is 2. The van der Waals surface area contributed by atoms with E-state index in [0.29, 0.717) is 13.2 Å². The van der Waals surface area contributed by atoms with Gasteiger partial charge in [-0.05, 0) is 25.0 Å². The molecule has 0 saturated heterocycles. The van der Waals surface area contributed by atoms with Crippen LogP contribution in [0, 0.1) is 0 Å². The molecular formula is C14H19F2NO3S. The molecule has 2 rings (SSSR count). The van der Waals surface area contributed by atoms with E-state index in [2.05, 4.69) is 5.32 Å². The summed E-state index contributed by atoms with van der Waals surface area (Å²) in [5.41, 5.74) is 0.188. The molecule has 0 aromatic heterocycles. The van der Waals surface area contributed by atoms with Crippen molar-refractivity contribution in [3.05, 3.63) is 24.3 Å². The molecule has 0 heterocycles. The summed E-state index contributed by atoms with van der Waals surface area (Å²) in [6, 6.07) is 5.69. The van der Waals surface area contributed by atoms with Crippen molar-refractivity contribution in [2.75, 3.05) is 18.5 Å². The van der Waals surface area contributed by atoms with Gasteiger partial charge < -0.3 is 10.1 Å². The lowest BCUT2D eigenvalue weighted by Crippen LogP contribution is -2.18. The Hall–Kier alpha value is -1.21. The monoisotopic (exact) mass is 319 g/mol. The molecule has 1 aliphatic rings. The molecule has 0 spiro atoms. The first-order valence-corrected chi connectivity index (χ1v) is 8.53. The fraction of sp³-hybridized carbons (Fsp3) is 0.571. The Morgan fingerprint density at radius 3 is 2.57 bits per heavy atom. The van der Waals surface area contributed by atoms with Crippen LogP contribution in [0.1, 0.15) is 25.7 Å². The van der Waals surface area contributed by atoms with E-state index in [1.165, 1.54) is 31.0 Å². The molecule has 1 saturated carbocycles. The van der Waals surface area contributed by atoms with E-state index in [1.54, 1.807) is 6.07 Å². The van der Waals surface area contributed by atoms with Gasteiger partial charge in [-0.15, -0.1) is 0 Å². The second-order valence-corrected chi connectivity index (χ2v) is 6.89. The van der Waals surface area contributed by atoms with Crippen LogP contribution in [0.15, 0.2) is 29.2 Å². The second kappa shape index (κ2) is 7.17. The van der Waals surface area contributed by atoms with Crippen LogP contribution in [0.2, 0.25) is 0 Å². The Balaban J connectivity index is 1.94. The smallest absolute Gasteiger partial charge is 0.341 e. The van der Waals surface area contributed by atoms with Gasteiger partial charge in [0.2, 0.25) is 9.84 Å². The Labute approximate surface area is 123 Å². The number of nitrogens with one attached hydrogen (secondary N) is 1. The van der Waals surface area contributed by atoms with Crippen molar-refractivity contribution in [1.82, 2.24) is 0 Å². The minimum absolute atomic E-state index is 0.188. The van der Waals surface area contributed by atoms with Crippen LogP contribution in [-0.4, -0.2) is 33.4 Å². The van der Waals surface area contributed by atoms with E-state index >= 15 is 0 Å². The number of anilines is 1. The highest BCUT2D eigenvalue weighted by Crippen LogP contribution is 2.26. The lowest BCUT2D eigenvalue weighted by molar-refractivity contribution is 0.0659. The van der Waals surface area contributed by atoms with E-state index in [0.717, 1.165) is 12.8 Å². The predicted octanol–water partition coefficient (Wildman–Crippen LogP) is 3.05. The first-order valence-electron chi connectivity index (χ1n) is 6.98. The number of hydrogen-bond acceptors (Lipinski definition) is 4. The lowest BCUT2D eigenvalue weighted by atomic mass is 10.3. The van der Waals surface area contributed by atoms with Gasteiger partial charge in [-0.2, -0.15) is 8.78 Å². The standard InChI is InChI=1S/C14H19F2NO3S/c15-14(16)21(18,19)13-8-4-3-7-12(13)17-9-10-20-11-5-1-2-6-11/h3-4,7-8,11,14,17H,1-2,5-6,9-10H2. The fourth-order valence-electron chi connectivity index (χ4n) is 2.42. The second-order valence-electron chi connectivity index (χ2n) is 5.01. The van der Waals surface area contributed by atoms with E-state index in [1.807, 2.05) is 0 Å². The highest BCUT2D eigenvalue weighted by molar-refractivity contribution is 7.91. The van der Waals surface area contributed by atoms with Crippen molar-refractivity contribution in [1.29, 1.82) is 0 Å². The van der Waals surface area contributed by atoms with Gasteiger partial charge in [0, 0.05) is 6.54 Å². The highest BCUT2D eigenvalue weighted by Gasteiger charge is 2.28. The summed E-state index contributed by atoms with van der Waals surface area (Å²) in [7, 11) is -4.60. The van der Waals surface area contributed by atoms with Crippen LogP contribution in [0.5, 0.6) is 0 Å². The molecule has 118 valence electrons. The van der Waals surface area contributed by atoms with E-state index in [9.17, 15) is 17.2 Å². The predicted molar refractivity (Wildman–Crippen MR) is 76.3 cm³/mol. The van der Waals surface area contributed by atoms with Gasteiger partial charge in [-0.25, -0.2) is 8.42 Å². The fourth-order valence-corrected chi connectivity index (χ4v) is 3.33. The molecule has 0 bridgehead atoms. The molecule has 4 nitrogen and oxygen atoms in total. The summed E-state index contributed by atoms with van der Waals surface area (Å²) in [4.78, 5) is -0.374. The molecule has 1 fully saturated rings. The van der Waals surface area contributed by atoms with Crippen LogP contribution in [0.4, 0.5) is 14.5 Å². The molecule has 0 unspecified atom stereocenters. The van der Waals surface area contributed by atoms with E-state index in [-0.39, 0.29) is 16.7 Å². The van der Waals surface area contributed by atoms with Crippen molar-refractivity contribution in [2.24, 2.45) is 0 Å². The van der Waals surface area contributed by atoms with Gasteiger partial charge in [-0.3, -0.25) is 0 Å². The van der Waals surface area contributed by atoms with Gasteiger partial charge in [-0.1, -0.05) is 25.0 Å². The zero-order valence-corrected chi connectivity index (χ0v) is 12.4. The Morgan fingerprint density at radius 1 is 1.24 bits per heavy atom. The van der Waals surface area contributed by atoms with Crippen molar-refractivity contribution in [3.8, 4) is 0 Å². The number of halogens is 2. The molecule has 7 heteroatoms. The molecular weight excluding hydrogens is 300 g/mol. The maximum Gasteiger partial charge on any atom is 0.341 e. The van der Waals surface area contributed by atoms with Crippen molar-refractivity contribution in [2.45, 2.75) is 42.4 Å². The SMILES string of the molecule is O=S(=O)(c1ccccc1NCCOC1CCCC1)C(F)F. The van der Waals surface area contributed by atoms with Gasteiger partial charge in [0.25, 0.3) is 0 Å². The molecule has 21 heavy (non-hydrogen) atoms. The molecule has 0 radical (unpaired) electrons. The van der Waals surface area contributed by atoms with Gasteiger partial charge >= 0.3 is 5.76 Å². The maximum atomic E-state index is 12.6. The normalized spacial score (nSPS) is 16.5. The zero-order chi connectivity index (χ0) is 15.3. The van der Waals surface area contributed by atoms with Gasteiger partial charge in [0.1, 0.15) is 0 Å². The Bertz CT molecular complexity index is 557. The minimum atomic E-state index is -4.60. The number of benzene rings is 1. The molecule has 0 aliphatic heterocycles. The molecule has 1 aromatic carbocycles. The van der Waals surface area contributed by atoms with Crippen molar-refractivity contribution < 1.29 is 21.9 Å². The summed E-state index contributed by atoms with van der Waals surface area (Å²) in [6.45, 7) is 0.806. The summed E-state index contributed by atoms with van der Waals surface area (Å²) >= 11 is 0. The number of rotatable bonds is 7. The summed E-state index contributed by atoms with van der Waals surface area (Å²) in [6.07, 6.45) is 4.72. The average molecular weight is 319 g/mol. The lowest BCUT2D eigenvalue weighted by Gasteiger charge is -2.14. The summed E-state index contributed by atoms with van der Waals surface area (Å²) < 4.78 is 54.0. The molecule has 1 aliphatic carbocycles. The third-order valence-electron chi connectivity index (χ3n) is 3.50. The van der Waals surface area contributed by atoms with Crippen LogP contribution in [-0.2, 0) is 14.6 Å². The van der Waals surface area contributed by atoms with Crippen molar-refractivity contribution >= 4 is 15.5 Å². The average Bonchev–Trinajstić information content (AvgIpc) is 2.97. The first-order chi connectivity index (χ1) is 10.0. The largest absolute Gasteiger partial charge is 0.382 e. The number of para-hydroxylation sites is 1. The Morgan fingerprint density at radius 2 is 1.90 bits per heavy atom. The minimum Gasteiger partial charge on any atom is -0.382 e. The number of sulfone groups is 1. The van der Waals surface area contributed by atoms with Crippen molar-refractivity contribution in [3.63, 3.8) is 0 Å². The van der Waals surface area contributed by atoms with Gasteiger partial charge in [0.05, 0.1) is 23.3 Å². The molecule has 0 amide bonds.